The van der Waals surface area contributed by atoms with Crippen LogP contribution in [0.2, 0.25) is 5.15 Å². The van der Waals surface area contributed by atoms with Crippen LogP contribution in [0.4, 0.5) is 5.69 Å². The molecule has 0 unspecified atom stereocenters. The smallest absolute Gasteiger partial charge is 0.193 e. The minimum absolute atomic E-state index is 0.425. The summed E-state index contributed by atoms with van der Waals surface area (Å²) in [5.74, 6) is 0.425. The number of pyridine rings is 1. The molecule has 3 rings (SSSR count). The Morgan fingerprint density at radius 3 is 2.91 bits per heavy atom. The largest absolute Gasteiger partial charge is 0.370 e. The molecule has 0 saturated carbocycles. The average molecular weight is 315 g/mol. The van der Waals surface area contributed by atoms with Crippen LogP contribution in [0.5, 0.6) is 0 Å². The monoisotopic (exact) mass is 314 g/mol. The van der Waals surface area contributed by atoms with Crippen LogP contribution in [0.25, 0.3) is 0 Å². The number of fused-ring (bicyclic) bond motifs is 1. The van der Waals surface area contributed by atoms with Crippen LogP contribution in [-0.2, 0) is 19.4 Å². The first-order valence-corrected chi connectivity index (χ1v) is 7.88. The fourth-order valence-corrected chi connectivity index (χ4v) is 2.86. The second-order valence-electron chi connectivity index (χ2n) is 5.47. The van der Waals surface area contributed by atoms with Crippen LogP contribution >= 0.6 is 11.6 Å². The zero-order valence-electron chi connectivity index (χ0n) is 12.3. The van der Waals surface area contributed by atoms with Crippen molar-refractivity contribution in [3.8, 4) is 0 Å². The van der Waals surface area contributed by atoms with E-state index in [-0.39, 0.29) is 0 Å². The molecule has 0 radical (unpaired) electrons. The number of aliphatic imine (C=N–C) groups is 1. The van der Waals surface area contributed by atoms with Gasteiger partial charge in [0.05, 0.1) is 6.54 Å². The van der Waals surface area contributed by atoms with E-state index in [0.29, 0.717) is 17.7 Å². The van der Waals surface area contributed by atoms with E-state index in [1.54, 1.807) is 12.3 Å². The van der Waals surface area contributed by atoms with E-state index in [1.807, 2.05) is 6.07 Å². The molecule has 0 atom stereocenters. The van der Waals surface area contributed by atoms with E-state index in [4.69, 9.17) is 17.3 Å². The van der Waals surface area contributed by atoms with Crippen molar-refractivity contribution in [3.05, 3.63) is 58.4 Å². The Balaban J connectivity index is 1.70. The second kappa shape index (κ2) is 6.79. The summed E-state index contributed by atoms with van der Waals surface area (Å²) in [5, 5.41) is 3.71. The third-order valence-electron chi connectivity index (χ3n) is 3.88. The van der Waals surface area contributed by atoms with Gasteiger partial charge in [-0.1, -0.05) is 29.8 Å². The molecular formula is C17H19ClN4. The third kappa shape index (κ3) is 3.57. The zero-order chi connectivity index (χ0) is 15.4. The van der Waals surface area contributed by atoms with Gasteiger partial charge in [0.2, 0.25) is 0 Å². The van der Waals surface area contributed by atoms with Gasteiger partial charge in [0.25, 0.3) is 0 Å². The molecule has 2 aromatic rings. The third-order valence-corrected chi connectivity index (χ3v) is 4.10. The Bertz CT molecular complexity index is 680. The lowest BCUT2D eigenvalue weighted by Gasteiger charge is -2.19. The number of hydrogen-bond donors (Lipinski definition) is 2. The van der Waals surface area contributed by atoms with E-state index < -0.39 is 0 Å². The normalized spacial score (nSPS) is 14.5. The van der Waals surface area contributed by atoms with Crippen LogP contribution < -0.4 is 11.1 Å². The first kappa shape index (κ1) is 14.9. The second-order valence-corrected chi connectivity index (χ2v) is 5.85. The molecule has 114 valence electrons. The number of halogens is 1. The van der Waals surface area contributed by atoms with Gasteiger partial charge in [-0.05, 0) is 54.5 Å². The number of nitrogens with two attached hydrogens (primary N) is 1. The van der Waals surface area contributed by atoms with E-state index in [1.165, 1.54) is 24.0 Å². The molecule has 1 aliphatic carbocycles. The molecule has 1 heterocycles. The quantitative estimate of drug-likeness (QED) is 0.517. The van der Waals surface area contributed by atoms with E-state index >= 15 is 0 Å². The Morgan fingerprint density at radius 1 is 1.23 bits per heavy atom. The highest BCUT2D eigenvalue weighted by molar-refractivity contribution is 6.29. The highest BCUT2D eigenvalue weighted by Gasteiger charge is 2.12. The molecule has 1 aliphatic rings. The summed E-state index contributed by atoms with van der Waals surface area (Å²) in [4.78, 5) is 8.40. The summed E-state index contributed by atoms with van der Waals surface area (Å²) in [6.45, 7) is 0.484. The van der Waals surface area contributed by atoms with Crippen molar-refractivity contribution in [2.75, 3.05) is 5.32 Å². The number of nitrogens with zero attached hydrogens (tertiary/aromatic N) is 2. The standard InChI is InChI=1S/C17H19ClN4/c18-16-9-8-12(10-20-16)11-21-17(19)22-15-7-3-5-13-4-1-2-6-14(13)15/h3,5,7-10H,1-2,4,6,11H2,(H3,19,21,22). The molecule has 3 N–H and O–H groups in total. The molecule has 0 aliphatic heterocycles. The summed E-state index contributed by atoms with van der Waals surface area (Å²) in [7, 11) is 0. The molecule has 0 bridgehead atoms. The maximum Gasteiger partial charge on any atom is 0.193 e. The van der Waals surface area contributed by atoms with Crippen molar-refractivity contribution in [1.29, 1.82) is 0 Å². The van der Waals surface area contributed by atoms with Gasteiger partial charge in [0.15, 0.2) is 5.96 Å². The summed E-state index contributed by atoms with van der Waals surface area (Å²) in [5.41, 5.74) is 10.9. The fourth-order valence-electron chi connectivity index (χ4n) is 2.75. The van der Waals surface area contributed by atoms with Crippen LogP contribution in [0.1, 0.15) is 29.5 Å². The van der Waals surface area contributed by atoms with Crippen LogP contribution in [0.15, 0.2) is 41.5 Å². The first-order valence-electron chi connectivity index (χ1n) is 7.50. The number of rotatable bonds is 3. The van der Waals surface area contributed by atoms with Crippen LogP contribution in [0.3, 0.4) is 0 Å². The van der Waals surface area contributed by atoms with Gasteiger partial charge in [-0.3, -0.25) is 0 Å². The topological polar surface area (TPSA) is 63.3 Å². The van der Waals surface area contributed by atoms with Crippen LogP contribution in [0, 0.1) is 0 Å². The first-order chi connectivity index (χ1) is 10.7. The summed E-state index contributed by atoms with van der Waals surface area (Å²) >= 11 is 5.77. The Morgan fingerprint density at radius 2 is 2.09 bits per heavy atom. The number of benzene rings is 1. The zero-order valence-corrected chi connectivity index (χ0v) is 13.1. The number of anilines is 1. The number of hydrogen-bond acceptors (Lipinski definition) is 2. The highest BCUT2D eigenvalue weighted by Crippen LogP contribution is 2.27. The number of aryl methyl sites for hydroxylation is 1. The number of aromatic nitrogens is 1. The minimum atomic E-state index is 0.425. The predicted octanol–water partition coefficient (Wildman–Crippen LogP) is 3.54. The predicted molar refractivity (Wildman–Crippen MR) is 91.3 cm³/mol. The fraction of sp³-hybridized carbons (Fsp3) is 0.294. The maximum absolute atomic E-state index is 6.01. The van der Waals surface area contributed by atoms with E-state index in [2.05, 4.69) is 33.5 Å². The molecular weight excluding hydrogens is 296 g/mol. The Kier molecular flexibility index (Phi) is 4.59. The molecule has 0 fully saturated rings. The van der Waals surface area contributed by atoms with E-state index in [0.717, 1.165) is 24.1 Å². The molecule has 0 spiro atoms. The lowest BCUT2D eigenvalue weighted by atomic mass is 9.90. The average Bonchev–Trinajstić information content (AvgIpc) is 2.55. The molecule has 1 aromatic heterocycles. The van der Waals surface area contributed by atoms with Gasteiger partial charge in [0.1, 0.15) is 5.15 Å². The highest BCUT2D eigenvalue weighted by atomic mass is 35.5. The van der Waals surface area contributed by atoms with Crippen molar-refractivity contribution in [3.63, 3.8) is 0 Å². The molecule has 0 amide bonds. The molecule has 22 heavy (non-hydrogen) atoms. The molecule has 0 saturated heterocycles. The van der Waals surface area contributed by atoms with Gasteiger partial charge >= 0.3 is 0 Å². The lowest BCUT2D eigenvalue weighted by Crippen LogP contribution is -2.24. The molecule has 4 nitrogen and oxygen atoms in total. The van der Waals surface area contributed by atoms with Crippen molar-refractivity contribution < 1.29 is 0 Å². The number of guanidine groups is 1. The SMILES string of the molecule is NC(=NCc1ccc(Cl)nc1)Nc1cccc2c1CCCC2. The Hall–Kier alpha value is -2.07. The molecule has 1 aromatic carbocycles. The van der Waals surface area contributed by atoms with Crippen molar-refractivity contribution in [1.82, 2.24) is 4.98 Å². The summed E-state index contributed by atoms with van der Waals surface area (Å²) in [6, 6.07) is 9.99. The summed E-state index contributed by atoms with van der Waals surface area (Å²) < 4.78 is 0. The van der Waals surface area contributed by atoms with Crippen molar-refractivity contribution >= 4 is 23.2 Å². The maximum atomic E-state index is 6.01. The summed E-state index contributed by atoms with van der Waals surface area (Å²) in [6.07, 6.45) is 6.47. The number of nitrogens with one attached hydrogen (secondary N) is 1. The van der Waals surface area contributed by atoms with Gasteiger partial charge in [-0.15, -0.1) is 0 Å². The van der Waals surface area contributed by atoms with Gasteiger partial charge in [0, 0.05) is 11.9 Å². The van der Waals surface area contributed by atoms with Crippen molar-refractivity contribution in [2.45, 2.75) is 32.2 Å². The van der Waals surface area contributed by atoms with Gasteiger partial charge < -0.3 is 11.1 Å². The van der Waals surface area contributed by atoms with Gasteiger partial charge in [-0.2, -0.15) is 0 Å². The Labute approximate surface area is 135 Å². The minimum Gasteiger partial charge on any atom is -0.370 e. The van der Waals surface area contributed by atoms with Crippen molar-refractivity contribution in [2.24, 2.45) is 10.7 Å². The molecule has 5 heteroatoms. The van der Waals surface area contributed by atoms with E-state index in [9.17, 15) is 0 Å². The lowest BCUT2D eigenvalue weighted by molar-refractivity contribution is 0.687. The van der Waals surface area contributed by atoms with Gasteiger partial charge in [-0.25, -0.2) is 9.98 Å². The van der Waals surface area contributed by atoms with Crippen LogP contribution in [-0.4, -0.2) is 10.9 Å².